The van der Waals surface area contributed by atoms with Crippen LogP contribution in [0.2, 0.25) is 0 Å². The zero-order valence-electron chi connectivity index (χ0n) is 18.2. The van der Waals surface area contributed by atoms with Gasteiger partial charge >= 0.3 is 0 Å². The topological polar surface area (TPSA) is 124 Å². The molecule has 2 N–H and O–H groups in total. The van der Waals surface area contributed by atoms with E-state index in [9.17, 15) is 19.5 Å². The number of aliphatic hydroxyl groups excluding tert-OH is 1. The molecule has 0 saturated carbocycles. The summed E-state index contributed by atoms with van der Waals surface area (Å²) < 4.78 is 5.60. The number of ketones is 1. The number of rotatable bonds is 7. The first-order chi connectivity index (χ1) is 14.6. The molecule has 1 heterocycles. The van der Waals surface area contributed by atoms with Crippen molar-refractivity contribution in [2.45, 2.75) is 34.6 Å². The van der Waals surface area contributed by atoms with Gasteiger partial charge in [0.2, 0.25) is 5.91 Å². The quantitative estimate of drug-likeness (QED) is 0.298. The Morgan fingerprint density at radius 1 is 1.19 bits per heavy atom. The molecule has 8 heteroatoms. The number of hydrogen-bond acceptors (Lipinski definition) is 6. The Hall–Kier alpha value is -3.86. The predicted octanol–water partition coefficient (Wildman–Crippen LogP) is 4.20. The van der Waals surface area contributed by atoms with Gasteiger partial charge in [-0.3, -0.25) is 14.4 Å². The second-order valence-electron chi connectivity index (χ2n) is 6.94. The summed E-state index contributed by atoms with van der Waals surface area (Å²) in [5.41, 5.74) is 1.39. The molecule has 0 fully saturated rings. The summed E-state index contributed by atoms with van der Waals surface area (Å²) in [5.74, 6) is -1.90. The average molecular weight is 423 g/mol. The monoisotopic (exact) mass is 423 g/mol. The Morgan fingerprint density at radius 3 is 2.35 bits per heavy atom. The van der Waals surface area contributed by atoms with Crippen molar-refractivity contribution in [1.82, 2.24) is 4.90 Å². The first kappa shape index (κ1) is 23.4. The fraction of sp³-hybridized carbons (Fsp3) is 0.304. The SMILES string of the molecule is CCN(CC)C(=O)/C=C(\C)c1ccc2oc(C(C)=O)c(NC(=O)/C(C#N)=C(\C)O)c2c1. The number of fused-ring (bicyclic) bond motifs is 1. The fourth-order valence-electron chi connectivity index (χ4n) is 3.08. The van der Waals surface area contributed by atoms with Gasteiger partial charge in [0.1, 0.15) is 17.4 Å². The Balaban J connectivity index is 2.57. The van der Waals surface area contributed by atoms with Crippen LogP contribution in [0.4, 0.5) is 5.69 Å². The Labute approximate surface area is 180 Å². The number of allylic oxidation sites excluding steroid dienone is 2. The third-order valence-electron chi connectivity index (χ3n) is 4.82. The number of furan rings is 1. The lowest BCUT2D eigenvalue weighted by Crippen LogP contribution is -2.28. The molecule has 0 spiro atoms. The molecule has 0 aliphatic carbocycles. The number of aliphatic hydroxyl groups is 1. The summed E-state index contributed by atoms with van der Waals surface area (Å²) >= 11 is 0. The number of nitrogens with zero attached hydrogens (tertiary/aromatic N) is 2. The molecule has 31 heavy (non-hydrogen) atoms. The minimum atomic E-state index is -0.859. The van der Waals surface area contributed by atoms with E-state index in [2.05, 4.69) is 5.32 Å². The minimum absolute atomic E-state index is 0.0748. The number of carbonyl (C=O) groups is 3. The number of Topliss-reactive ketones (excluding diaryl/α,β-unsaturated/α-hetero) is 1. The van der Waals surface area contributed by atoms with Crippen LogP contribution in [-0.4, -0.2) is 40.7 Å². The minimum Gasteiger partial charge on any atom is -0.511 e. The van der Waals surface area contributed by atoms with Gasteiger partial charge in [-0.1, -0.05) is 6.07 Å². The Kier molecular flexibility index (Phi) is 7.37. The molecule has 0 atom stereocenters. The van der Waals surface area contributed by atoms with E-state index < -0.39 is 23.0 Å². The lowest BCUT2D eigenvalue weighted by molar-refractivity contribution is -0.125. The van der Waals surface area contributed by atoms with Crippen LogP contribution in [0.15, 0.2) is 40.0 Å². The molecule has 2 aromatic rings. The van der Waals surface area contributed by atoms with Gasteiger partial charge in [-0.15, -0.1) is 0 Å². The van der Waals surface area contributed by atoms with E-state index in [0.29, 0.717) is 35.2 Å². The van der Waals surface area contributed by atoms with Gasteiger partial charge in [-0.05, 0) is 51.0 Å². The van der Waals surface area contributed by atoms with Gasteiger partial charge in [0.05, 0.1) is 5.69 Å². The van der Waals surface area contributed by atoms with Gasteiger partial charge in [0.25, 0.3) is 5.91 Å². The van der Waals surface area contributed by atoms with Gasteiger partial charge in [-0.25, -0.2) is 0 Å². The van der Waals surface area contributed by atoms with Crippen molar-refractivity contribution in [3.05, 3.63) is 46.9 Å². The number of nitrogens with one attached hydrogen (secondary N) is 1. The van der Waals surface area contributed by atoms with Crippen LogP contribution in [-0.2, 0) is 9.59 Å². The maximum absolute atomic E-state index is 12.4. The van der Waals surface area contributed by atoms with Crippen molar-refractivity contribution in [3.63, 3.8) is 0 Å². The largest absolute Gasteiger partial charge is 0.511 e. The maximum atomic E-state index is 12.4. The molecule has 0 aliphatic rings. The van der Waals surface area contributed by atoms with E-state index in [1.807, 2.05) is 13.8 Å². The zero-order valence-corrected chi connectivity index (χ0v) is 18.2. The van der Waals surface area contributed by atoms with Crippen molar-refractivity contribution in [3.8, 4) is 6.07 Å². The number of benzene rings is 1. The van der Waals surface area contributed by atoms with E-state index in [0.717, 1.165) is 0 Å². The standard InChI is InChI=1S/C23H25N3O5/c1-6-26(7-2)20(29)10-13(3)16-8-9-19-17(11-16)21(22(31-19)15(5)28)25-23(30)18(12-24)14(4)27/h8-11,27H,6-7H2,1-5H3,(H,25,30)/b13-10+,18-14+. The normalized spacial score (nSPS) is 12.2. The molecule has 1 aromatic carbocycles. The Bertz CT molecular complexity index is 1140. The first-order valence-corrected chi connectivity index (χ1v) is 9.80. The number of amides is 2. The van der Waals surface area contributed by atoms with E-state index in [-0.39, 0.29) is 17.4 Å². The van der Waals surface area contributed by atoms with Gasteiger partial charge in [0, 0.05) is 31.5 Å². The van der Waals surface area contributed by atoms with Crippen LogP contribution < -0.4 is 5.32 Å². The van der Waals surface area contributed by atoms with Crippen LogP contribution in [0, 0.1) is 11.3 Å². The molecule has 0 bridgehead atoms. The van der Waals surface area contributed by atoms with Crippen molar-refractivity contribution in [2.75, 3.05) is 18.4 Å². The highest BCUT2D eigenvalue weighted by Gasteiger charge is 2.23. The van der Waals surface area contributed by atoms with Crippen molar-refractivity contribution >= 4 is 39.8 Å². The van der Waals surface area contributed by atoms with Crippen LogP contribution >= 0.6 is 0 Å². The van der Waals surface area contributed by atoms with Crippen molar-refractivity contribution < 1.29 is 23.9 Å². The van der Waals surface area contributed by atoms with Crippen molar-refractivity contribution in [1.29, 1.82) is 5.26 Å². The average Bonchev–Trinajstić information content (AvgIpc) is 3.07. The number of carbonyl (C=O) groups excluding carboxylic acids is 3. The molecule has 8 nitrogen and oxygen atoms in total. The summed E-state index contributed by atoms with van der Waals surface area (Å²) in [6.45, 7) is 9.29. The molecule has 0 radical (unpaired) electrons. The molecule has 2 amide bonds. The Morgan fingerprint density at radius 2 is 1.84 bits per heavy atom. The first-order valence-electron chi connectivity index (χ1n) is 9.80. The fourth-order valence-corrected chi connectivity index (χ4v) is 3.08. The lowest BCUT2D eigenvalue weighted by Gasteiger charge is -2.16. The zero-order chi connectivity index (χ0) is 23.3. The smallest absolute Gasteiger partial charge is 0.269 e. The second-order valence-corrected chi connectivity index (χ2v) is 6.94. The molecule has 2 rings (SSSR count). The van der Waals surface area contributed by atoms with E-state index in [1.54, 1.807) is 36.1 Å². The highest BCUT2D eigenvalue weighted by Crippen LogP contribution is 2.34. The molecule has 0 unspecified atom stereocenters. The summed E-state index contributed by atoms with van der Waals surface area (Å²) in [7, 11) is 0. The predicted molar refractivity (Wildman–Crippen MR) is 117 cm³/mol. The molecule has 0 aliphatic heterocycles. The maximum Gasteiger partial charge on any atom is 0.269 e. The molecule has 1 aromatic heterocycles. The van der Waals surface area contributed by atoms with Gasteiger partial charge < -0.3 is 19.7 Å². The highest BCUT2D eigenvalue weighted by molar-refractivity contribution is 6.15. The van der Waals surface area contributed by atoms with Crippen LogP contribution in [0.1, 0.15) is 50.7 Å². The summed E-state index contributed by atoms with van der Waals surface area (Å²) in [5, 5.41) is 21.6. The van der Waals surface area contributed by atoms with Crippen LogP contribution in [0.25, 0.3) is 16.5 Å². The molecule has 0 saturated heterocycles. The number of nitriles is 1. The summed E-state index contributed by atoms with van der Waals surface area (Å²) in [6, 6.07) is 6.73. The third-order valence-corrected chi connectivity index (χ3v) is 4.82. The van der Waals surface area contributed by atoms with Crippen LogP contribution in [0.3, 0.4) is 0 Å². The molecular formula is C23H25N3O5. The van der Waals surface area contributed by atoms with E-state index >= 15 is 0 Å². The summed E-state index contributed by atoms with van der Waals surface area (Å²) in [4.78, 5) is 38.6. The summed E-state index contributed by atoms with van der Waals surface area (Å²) in [6.07, 6.45) is 1.53. The van der Waals surface area contributed by atoms with Gasteiger partial charge in [0.15, 0.2) is 17.1 Å². The lowest BCUT2D eigenvalue weighted by atomic mass is 10.0. The van der Waals surface area contributed by atoms with Gasteiger partial charge in [-0.2, -0.15) is 5.26 Å². The molecular weight excluding hydrogens is 398 g/mol. The number of hydrogen-bond donors (Lipinski definition) is 2. The number of anilines is 1. The van der Waals surface area contributed by atoms with Crippen molar-refractivity contribution in [2.24, 2.45) is 0 Å². The third kappa shape index (κ3) is 5.01. The number of likely N-dealkylation sites (N-methyl/N-ethyl adjacent to an activating group) is 1. The van der Waals surface area contributed by atoms with E-state index in [1.165, 1.54) is 19.9 Å². The second kappa shape index (κ2) is 9.76. The highest BCUT2D eigenvalue weighted by atomic mass is 16.3. The van der Waals surface area contributed by atoms with Crippen LogP contribution in [0.5, 0.6) is 0 Å². The van der Waals surface area contributed by atoms with E-state index in [4.69, 9.17) is 9.68 Å². The molecule has 162 valence electrons.